The summed E-state index contributed by atoms with van der Waals surface area (Å²) >= 11 is 0. The van der Waals surface area contributed by atoms with Crippen molar-refractivity contribution in [3.05, 3.63) is 36.5 Å². The summed E-state index contributed by atoms with van der Waals surface area (Å²) < 4.78 is 6.05. The van der Waals surface area contributed by atoms with E-state index in [-0.39, 0.29) is 24.5 Å². The van der Waals surface area contributed by atoms with Gasteiger partial charge in [0.25, 0.3) is 0 Å². The Morgan fingerprint density at radius 3 is 1.31 bits per heavy atom. The molecule has 0 aliphatic rings. The first kappa shape index (κ1) is 52.6. The number of amides is 1. The molecular weight excluding hydrogens is 683 g/mol. The first-order chi connectivity index (χ1) is 27.0. The van der Waals surface area contributed by atoms with Gasteiger partial charge in [-0.25, -0.2) is 0 Å². The second-order valence-corrected chi connectivity index (χ2v) is 16.0. The summed E-state index contributed by atoms with van der Waals surface area (Å²) in [4.78, 5) is 35.1. The summed E-state index contributed by atoms with van der Waals surface area (Å²) in [5.74, 6) is -1.23. The van der Waals surface area contributed by atoms with Crippen LogP contribution in [0, 0.1) is 0 Å². The lowest BCUT2D eigenvalue weighted by atomic mass is 10.0. The molecule has 0 rings (SSSR count). The molecule has 2 N–H and O–H groups in total. The molecule has 1 atom stereocenters. The second-order valence-electron chi connectivity index (χ2n) is 16.0. The van der Waals surface area contributed by atoms with Crippen LogP contribution in [0.3, 0.4) is 0 Å². The summed E-state index contributed by atoms with van der Waals surface area (Å²) in [5.41, 5.74) is 0. The molecule has 6 nitrogen and oxygen atoms in total. The monoisotopic (exact) mass is 772 g/mol. The third-order valence-corrected chi connectivity index (χ3v) is 10.6. The van der Waals surface area contributed by atoms with Crippen molar-refractivity contribution < 1.29 is 24.2 Å². The summed E-state index contributed by atoms with van der Waals surface area (Å²) in [6, 6.07) is 0. The Balaban J connectivity index is 4.16. The Labute approximate surface area is 340 Å². The van der Waals surface area contributed by atoms with Crippen molar-refractivity contribution in [2.45, 2.75) is 251 Å². The highest BCUT2D eigenvalue weighted by atomic mass is 16.5. The molecule has 0 saturated carbocycles. The molecule has 1 unspecified atom stereocenters. The summed E-state index contributed by atoms with van der Waals surface area (Å²) in [6.45, 7) is 4.22. The van der Waals surface area contributed by atoms with Crippen LogP contribution in [0.15, 0.2) is 36.5 Å². The van der Waals surface area contributed by atoms with Crippen LogP contribution in [-0.2, 0) is 19.1 Å². The normalized spacial score (nSPS) is 12.3. The molecule has 0 aliphatic heterocycles. The molecule has 320 valence electrons. The van der Waals surface area contributed by atoms with E-state index in [1.165, 1.54) is 135 Å². The zero-order chi connectivity index (χ0) is 40.1. The van der Waals surface area contributed by atoms with Gasteiger partial charge in [0, 0.05) is 12.8 Å². The number of carbonyl (C=O) groups excluding carboxylic acids is 2. The van der Waals surface area contributed by atoms with Crippen molar-refractivity contribution in [1.29, 1.82) is 0 Å². The van der Waals surface area contributed by atoms with Crippen molar-refractivity contribution in [2.24, 2.45) is 0 Å². The number of rotatable bonds is 43. The first-order valence-corrected chi connectivity index (χ1v) is 23.6. The van der Waals surface area contributed by atoms with Crippen molar-refractivity contribution in [2.75, 3.05) is 6.54 Å². The van der Waals surface area contributed by atoms with Crippen LogP contribution in [-0.4, -0.2) is 35.6 Å². The number of ether oxygens (including phenoxy) is 1. The summed E-state index contributed by atoms with van der Waals surface area (Å²) in [5, 5.41) is 11.1. The minimum Gasteiger partial charge on any atom is -0.480 e. The largest absolute Gasteiger partial charge is 0.480 e. The molecular formula is C49H89NO5. The fourth-order valence-electron chi connectivity index (χ4n) is 7.05. The lowest BCUT2D eigenvalue weighted by Crippen LogP contribution is -2.28. The third-order valence-electron chi connectivity index (χ3n) is 10.6. The van der Waals surface area contributed by atoms with Crippen LogP contribution < -0.4 is 5.32 Å². The maximum Gasteiger partial charge on any atom is 0.322 e. The summed E-state index contributed by atoms with van der Waals surface area (Å²) in [7, 11) is 0. The standard InChI is InChI=1S/C49H89NO5/c1-3-5-7-9-11-13-15-17-19-20-21-22-23-25-27-29-31-36-40-44-49(54)55-46(42-38-34-32-35-39-43-47(51)50-45-48(52)53)41-37-33-30-28-26-24-18-16-14-12-10-8-6-4-2/h11,13,17,19,21-22,46H,3-10,12,14-16,18,20,23-45H2,1-2H3,(H,50,51)(H,52,53)/b13-11-,19-17-,22-21-. The maximum atomic E-state index is 12.8. The predicted molar refractivity (Wildman–Crippen MR) is 236 cm³/mol. The number of carboxylic acid groups (broad SMARTS) is 1. The van der Waals surface area contributed by atoms with Gasteiger partial charge in [-0.05, 0) is 77.0 Å². The quantitative estimate of drug-likeness (QED) is 0.0366. The van der Waals surface area contributed by atoms with E-state index in [4.69, 9.17) is 9.84 Å². The van der Waals surface area contributed by atoms with E-state index in [1.54, 1.807) is 0 Å². The lowest BCUT2D eigenvalue weighted by Gasteiger charge is -2.18. The average molecular weight is 772 g/mol. The highest BCUT2D eigenvalue weighted by molar-refractivity contribution is 5.80. The Morgan fingerprint density at radius 1 is 0.473 bits per heavy atom. The topological polar surface area (TPSA) is 92.7 Å². The second kappa shape index (κ2) is 44.3. The van der Waals surface area contributed by atoms with Gasteiger partial charge in [0.15, 0.2) is 0 Å². The van der Waals surface area contributed by atoms with Gasteiger partial charge in [-0.1, -0.05) is 192 Å². The molecule has 0 heterocycles. The van der Waals surface area contributed by atoms with Gasteiger partial charge in [0.2, 0.25) is 5.91 Å². The minimum absolute atomic E-state index is 0.0207. The van der Waals surface area contributed by atoms with Crippen LogP contribution in [0.1, 0.15) is 245 Å². The predicted octanol–water partition coefficient (Wildman–Crippen LogP) is 14.9. The number of carboxylic acids is 1. The lowest BCUT2D eigenvalue weighted by molar-refractivity contribution is -0.150. The van der Waals surface area contributed by atoms with E-state index in [0.717, 1.165) is 83.5 Å². The highest BCUT2D eigenvalue weighted by Gasteiger charge is 2.14. The smallest absolute Gasteiger partial charge is 0.322 e. The van der Waals surface area contributed by atoms with Crippen molar-refractivity contribution in [1.82, 2.24) is 5.32 Å². The highest BCUT2D eigenvalue weighted by Crippen LogP contribution is 2.19. The number of hydrogen-bond donors (Lipinski definition) is 2. The van der Waals surface area contributed by atoms with Gasteiger partial charge in [-0.2, -0.15) is 0 Å². The number of aliphatic carboxylic acids is 1. The molecule has 0 aromatic carbocycles. The minimum atomic E-state index is -1.02. The van der Waals surface area contributed by atoms with E-state index >= 15 is 0 Å². The van der Waals surface area contributed by atoms with E-state index in [2.05, 4.69) is 55.6 Å². The molecule has 0 fully saturated rings. The molecule has 1 amide bonds. The Kier molecular flexibility index (Phi) is 42.4. The molecule has 0 spiro atoms. The number of nitrogens with one attached hydrogen (secondary N) is 1. The average Bonchev–Trinajstić information content (AvgIpc) is 3.17. The zero-order valence-electron chi connectivity index (χ0n) is 36.3. The van der Waals surface area contributed by atoms with Gasteiger partial charge in [-0.3, -0.25) is 14.4 Å². The van der Waals surface area contributed by atoms with Gasteiger partial charge in [0.05, 0.1) is 0 Å². The molecule has 0 saturated heterocycles. The van der Waals surface area contributed by atoms with Gasteiger partial charge >= 0.3 is 11.9 Å². The molecule has 0 aromatic rings. The fourth-order valence-corrected chi connectivity index (χ4v) is 7.05. The molecule has 0 radical (unpaired) electrons. The SMILES string of the molecule is CCCCC/C=C\C/C=C\C/C=C\CCCCCCCCC(=O)OC(CCCCCCCCCCCCCCCC)CCCCCCCC(=O)NCC(=O)O. The number of unbranched alkanes of at least 4 members (excludes halogenated alkanes) is 26. The van der Waals surface area contributed by atoms with Gasteiger partial charge < -0.3 is 15.2 Å². The van der Waals surface area contributed by atoms with Crippen molar-refractivity contribution >= 4 is 17.8 Å². The van der Waals surface area contributed by atoms with Crippen LogP contribution in [0.2, 0.25) is 0 Å². The molecule has 0 aliphatic carbocycles. The van der Waals surface area contributed by atoms with Crippen molar-refractivity contribution in [3.8, 4) is 0 Å². The first-order valence-electron chi connectivity index (χ1n) is 23.6. The number of carbonyl (C=O) groups is 3. The molecule has 6 heteroatoms. The van der Waals surface area contributed by atoms with E-state index in [9.17, 15) is 14.4 Å². The molecule has 55 heavy (non-hydrogen) atoms. The van der Waals surface area contributed by atoms with Crippen LogP contribution in [0.25, 0.3) is 0 Å². The molecule has 0 aromatic heterocycles. The fraction of sp³-hybridized carbons (Fsp3) is 0.816. The van der Waals surface area contributed by atoms with E-state index in [0.29, 0.717) is 12.8 Å². The Bertz CT molecular complexity index is 942. The van der Waals surface area contributed by atoms with Crippen LogP contribution in [0.5, 0.6) is 0 Å². The Morgan fingerprint density at radius 2 is 0.836 bits per heavy atom. The molecule has 0 bridgehead atoms. The Hall–Kier alpha value is -2.37. The van der Waals surface area contributed by atoms with E-state index < -0.39 is 5.97 Å². The third kappa shape index (κ3) is 44.2. The number of esters is 1. The summed E-state index contributed by atoms with van der Waals surface area (Å²) in [6.07, 6.45) is 55.6. The number of allylic oxidation sites excluding steroid dienone is 6. The van der Waals surface area contributed by atoms with Gasteiger partial charge in [0.1, 0.15) is 12.6 Å². The zero-order valence-corrected chi connectivity index (χ0v) is 36.3. The van der Waals surface area contributed by atoms with Crippen LogP contribution in [0.4, 0.5) is 0 Å². The van der Waals surface area contributed by atoms with E-state index in [1.807, 2.05) is 0 Å². The number of hydrogen-bond acceptors (Lipinski definition) is 4. The van der Waals surface area contributed by atoms with Crippen molar-refractivity contribution in [3.63, 3.8) is 0 Å². The van der Waals surface area contributed by atoms with Gasteiger partial charge in [-0.15, -0.1) is 0 Å². The maximum absolute atomic E-state index is 12.8. The van der Waals surface area contributed by atoms with Crippen LogP contribution >= 0.6 is 0 Å².